The van der Waals surface area contributed by atoms with Gasteiger partial charge >= 0.3 is 0 Å². The Hall–Kier alpha value is -1.78. The Labute approximate surface area is 152 Å². The van der Waals surface area contributed by atoms with Crippen LogP contribution >= 0.6 is 23.2 Å². The molecule has 0 aliphatic rings. The molecule has 0 aliphatic carbocycles. The Bertz CT molecular complexity index is 689. The molecular weight excluding hydrogens is 345 g/mol. The largest absolute Gasteiger partial charge is 0.368 e. The molecule has 0 saturated heterocycles. The zero-order valence-corrected chi connectivity index (χ0v) is 15.3. The topological polar surface area (TPSA) is 54.0 Å². The van der Waals surface area contributed by atoms with Gasteiger partial charge in [-0.3, -0.25) is 4.79 Å². The fourth-order valence-corrected chi connectivity index (χ4v) is 2.61. The van der Waals surface area contributed by atoms with Crippen LogP contribution in [0.4, 0.5) is 5.82 Å². The molecule has 128 valence electrons. The third-order valence-electron chi connectivity index (χ3n) is 3.73. The van der Waals surface area contributed by atoms with E-state index in [-0.39, 0.29) is 5.91 Å². The van der Waals surface area contributed by atoms with Gasteiger partial charge in [-0.25, -0.2) is 4.98 Å². The van der Waals surface area contributed by atoms with Gasteiger partial charge in [0, 0.05) is 28.8 Å². The fourth-order valence-electron chi connectivity index (χ4n) is 2.11. The van der Waals surface area contributed by atoms with Gasteiger partial charge in [0.25, 0.3) is 5.91 Å². The number of rotatable bonds is 7. The lowest BCUT2D eigenvalue weighted by Gasteiger charge is -2.12. The van der Waals surface area contributed by atoms with Crippen LogP contribution in [-0.4, -0.2) is 23.5 Å². The molecule has 0 saturated carbocycles. The molecular formula is C18H21Cl2N3O. The van der Waals surface area contributed by atoms with E-state index >= 15 is 0 Å². The van der Waals surface area contributed by atoms with Crippen LogP contribution in [0.1, 0.15) is 36.2 Å². The lowest BCUT2D eigenvalue weighted by atomic mass is 10.1. The number of carbonyl (C=O) groups excluding carboxylic acids is 1. The Morgan fingerprint density at radius 2 is 2.04 bits per heavy atom. The highest BCUT2D eigenvalue weighted by atomic mass is 35.5. The van der Waals surface area contributed by atoms with Gasteiger partial charge in [0.2, 0.25) is 0 Å². The first-order chi connectivity index (χ1) is 11.5. The summed E-state index contributed by atoms with van der Waals surface area (Å²) in [5, 5.41) is 7.35. The van der Waals surface area contributed by atoms with Crippen molar-refractivity contribution in [2.75, 3.05) is 11.9 Å². The minimum absolute atomic E-state index is 0.150. The van der Waals surface area contributed by atoms with Crippen molar-refractivity contribution in [2.45, 2.75) is 32.7 Å². The van der Waals surface area contributed by atoms with Gasteiger partial charge in [-0.15, -0.1) is 0 Å². The second-order valence-electron chi connectivity index (χ2n) is 5.63. The summed E-state index contributed by atoms with van der Waals surface area (Å²) in [7, 11) is 0. The molecule has 1 unspecified atom stereocenters. The molecule has 0 fully saturated rings. The van der Waals surface area contributed by atoms with Crippen molar-refractivity contribution in [2.24, 2.45) is 0 Å². The summed E-state index contributed by atoms with van der Waals surface area (Å²) in [6, 6.07) is 9.29. The van der Waals surface area contributed by atoms with Crippen LogP contribution in [0.5, 0.6) is 0 Å². The van der Waals surface area contributed by atoms with Crippen molar-refractivity contribution in [1.82, 2.24) is 10.3 Å². The van der Waals surface area contributed by atoms with Crippen molar-refractivity contribution in [3.63, 3.8) is 0 Å². The van der Waals surface area contributed by atoms with Crippen molar-refractivity contribution in [3.05, 3.63) is 57.7 Å². The summed E-state index contributed by atoms with van der Waals surface area (Å²) in [4.78, 5) is 16.4. The summed E-state index contributed by atoms with van der Waals surface area (Å²) in [6.45, 7) is 4.68. The van der Waals surface area contributed by atoms with E-state index in [1.165, 1.54) is 0 Å². The van der Waals surface area contributed by atoms with Crippen LogP contribution in [0.2, 0.25) is 10.0 Å². The van der Waals surface area contributed by atoms with Crippen LogP contribution in [0.15, 0.2) is 36.5 Å². The lowest BCUT2D eigenvalue weighted by molar-refractivity contribution is 0.0954. The third-order valence-corrected chi connectivity index (χ3v) is 4.31. The molecule has 0 bridgehead atoms. The number of hydrogen-bond donors (Lipinski definition) is 2. The first kappa shape index (κ1) is 18.6. The monoisotopic (exact) mass is 365 g/mol. The van der Waals surface area contributed by atoms with E-state index in [1.807, 2.05) is 12.1 Å². The SMILES string of the molecule is CCC(C)Nc1ccc(C(=O)NCCc2ccc(Cl)cc2Cl)cn1. The zero-order chi connectivity index (χ0) is 17.5. The maximum Gasteiger partial charge on any atom is 0.252 e. The van der Waals surface area contributed by atoms with E-state index in [0.29, 0.717) is 34.6 Å². The predicted molar refractivity (Wildman–Crippen MR) is 100 cm³/mol. The highest BCUT2D eigenvalue weighted by Gasteiger charge is 2.08. The number of anilines is 1. The van der Waals surface area contributed by atoms with Gasteiger partial charge in [-0.1, -0.05) is 36.2 Å². The molecule has 2 rings (SSSR count). The van der Waals surface area contributed by atoms with E-state index in [9.17, 15) is 4.79 Å². The molecule has 1 atom stereocenters. The summed E-state index contributed by atoms with van der Waals surface area (Å²) < 4.78 is 0. The molecule has 0 spiro atoms. The van der Waals surface area contributed by atoms with Crippen LogP contribution in [0.3, 0.4) is 0 Å². The van der Waals surface area contributed by atoms with Gasteiger partial charge in [-0.2, -0.15) is 0 Å². The summed E-state index contributed by atoms with van der Waals surface area (Å²) in [6.07, 6.45) is 3.23. The first-order valence-corrected chi connectivity index (χ1v) is 8.70. The highest BCUT2D eigenvalue weighted by Crippen LogP contribution is 2.21. The van der Waals surface area contributed by atoms with Crippen molar-refractivity contribution < 1.29 is 4.79 Å². The van der Waals surface area contributed by atoms with E-state index in [4.69, 9.17) is 23.2 Å². The first-order valence-electron chi connectivity index (χ1n) is 7.94. The number of benzene rings is 1. The molecule has 24 heavy (non-hydrogen) atoms. The summed E-state index contributed by atoms with van der Waals surface area (Å²) >= 11 is 12.0. The van der Waals surface area contributed by atoms with E-state index in [1.54, 1.807) is 24.4 Å². The Kier molecular flexibility index (Phi) is 6.88. The van der Waals surface area contributed by atoms with E-state index < -0.39 is 0 Å². The molecule has 2 aromatic rings. The average Bonchev–Trinajstić information content (AvgIpc) is 2.57. The van der Waals surface area contributed by atoms with Crippen LogP contribution < -0.4 is 10.6 Å². The van der Waals surface area contributed by atoms with Gasteiger partial charge in [-0.05, 0) is 49.6 Å². The fraction of sp³-hybridized carbons (Fsp3) is 0.333. The number of hydrogen-bond acceptors (Lipinski definition) is 3. The number of nitrogens with zero attached hydrogens (tertiary/aromatic N) is 1. The Balaban J connectivity index is 1.86. The number of carbonyl (C=O) groups is 1. The van der Waals surface area contributed by atoms with Gasteiger partial charge < -0.3 is 10.6 Å². The number of halogens is 2. The number of pyridine rings is 1. The standard InChI is InChI=1S/C18H21Cl2N3O/c1-3-12(2)23-17-7-5-14(11-22-17)18(24)21-9-8-13-4-6-15(19)10-16(13)20/h4-7,10-12H,3,8-9H2,1-2H3,(H,21,24)(H,22,23). The number of aromatic nitrogens is 1. The van der Waals surface area contributed by atoms with Crippen LogP contribution in [0.25, 0.3) is 0 Å². The van der Waals surface area contributed by atoms with Gasteiger partial charge in [0.05, 0.1) is 5.56 Å². The smallest absolute Gasteiger partial charge is 0.252 e. The molecule has 4 nitrogen and oxygen atoms in total. The maximum absolute atomic E-state index is 12.1. The van der Waals surface area contributed by atoms with E-state index in [0.717, 1.165) is 17.8 Å². The van der Waals surface area contributed by atoms with Crippen molar-refractivity contribution in [3.8, 4) is 0 Å². The molecule has 1 aromatic carbocycles. The minimum atomic E-state index is -0.150. The minimum Gasteiger partial charge on any atom is -0.368 e. The highest BCUT2D eigenvalue weighted by molar-refractivity contribution is 6.35. The molecule has 0 radical (unpaired) electrons. The maximum atomic E-state index is 12.1. The predicted octanol–water partition coefficient (Wildman–Crippen LogP) is 4.57. The van der Waals surface area contributed by atoms with Crippen LogP contribution in [0, 0.1) is 0 Å². The second kappa shape index (κ2) is 8.90. The van der Waals surface area contributed by atoms with E-state index in [2.05, 4.69) is 29.5 Å². The molecule has 0 aliphatic heterocycles. The summed E-state index contributed by atoms with van der Waals surface area (Å²) in [5.74, 6) is 0.622. The molecule has 1 amide bonds. The van der Waals surface area contributed by atoms with Crippen molar-refractivity contribution in [1.29, 1.82) is 0 Å². The molecule has 2 N–H and O–H groups in total. The van der Waals surface area contributed by atoms with Gasteiger partial charge in [0.15, 0.2) is 0 Å². The third kappa shape index (κ3) is 5.39. The molecule has 1 heterocycles. The Morgan fingerprint density at radius 3 is 2.67 bits per heavy atom. The number of amides is 1. The Morgan fingerprint density at radius 1 is 1.25 bits per heavy atom. The molecule has 6 heteroatoms. The van der Waals surface area contributed by atoms with Crippen LogP contribution in [-0.2, 0) is 6.42 Å². The normalized spacial score (nSPS) is 11.8. The quantitative estimate of drug-likeness (QED) is 0.755. The van der Waals surface area contributed by atoms with Crippen molar-refractivity contribution >= 4 is 34.9 Å². The molecule has 1 aromatic heterocycles. The summed E-state index contributed by atoms with van der Waals surface area (Å²) in [5.41, 5.74) is 1.49. The van der Waals surface area contributed by atoms with Gasteiger partial charge in [0.1, 0.15) is 5.82 Å². The zero-order valence-electron chi connectivity index (χ0n) is 13.8. The average molecular weight is 366 g/mol. The lowest BCUT2D eigenvalue weighted by Crippen LogP contribution is -2.26. The second-order valence-corrected chi connectivity index (χ2v) is 6.47. The number of nitrogens with one attached hydrogen (secondary N) is 2.